The van der Waals surface area contributed by atoms with Crippen molar-refractivity contribution in [2.24, 2.45) is 0 Å². The highest BCUT2D eigenvalue weighted by Crippen LogP contribution is 2.36. The van der Waals surface area contributed by atoms with E-state index in [2.05, 4.69) is 15.3 Å². The molecule has 2 N–H and O–H groups in total. The van der Waals surface area contributed by atoms with Gasteiger partial charge in [0.25, 0.3) is 0 Å². The molecule has 1 heterocycles. The van der Waals surface area contributed by atoms with E-state index in [1.54, 1.807) is 6.92 Å². The van der Waals surface area contributed by atoms with Crippen LogP contribution in [0.2, 0.25) is 0 Å². The zero-order chi connectivity index (χ0) is 24.8. The van der Waals surface area contributed by atoms with Crippen LogP contribution in [0.3, 0.4) is 0 Å². The SMILES string of the molecule is CNCc1cc(C(F)(F)F)cc(C(F)(F)F)c1.Cc1ncc(C(=O)O)c(-c2ccccc2)n1. The summed E-state index contributed by atoms with van der Waals surface area (Å²) in [6, 6.07) is 10.7. The standard InChI is InChI=1S/C12H10N2O2.C10H9F6N/c1-8-13-7-10(12(15)16)11(14-8)9-5-3-2-4-6-9;1-17-5-6-2-7(9(11,12)13)4-8(3-6)10(14,15)16/h2-7H,1H3,(H,15,16);2-4,17H,5H2,1H3. The molecule has 0 radical (unpaired) electrons. The summed E-state index contributed by atoms with van der Waals surface area (Å²) in [6.45, 7) is 1.67. The van der Waals surface area contributed by atoms with E-state index < -0.39 is 29.4 Å². The van der Waals surface area contributed by atoms with E-state index in [-0.39, 0.29) is 23.7 Å². The van der Waals surface area contributed by atoms with Crippen molar-refractivity contribution in [3.8, 4) is 11.3 Å². The molecule has 0 spiro atoms. The number of hydrogen-bond donors (Lipinski definition) is 2. The predicted octanol–water partition coefficient (Wildman–Crippen LogP) is 5.59. The van der Waals surface area contributed by atoms with Crippen molar-refractivity contribution in [1.29, 1.82) is 0 Å². The molecule has 0 atom stereocenters. The second-order valence-electron chi connectivity index (χ2n) is 6.80. The van der Waals surface area contributed by atoms with Gasteiger partial charge in [0, 0.05) is 18.3 Å². The smallest absolute Gasteiger partial charge is 0.416 e. The minimum absolute atomic E-state index is 0.0605. The van der Waals surface area contributed by atoms with Crippen LogP contribution in [-0.4, -0.2) is 28.1 Å². The summed E-state index contributed by atoms with van der Waals surface area (Å²) in [7, 11) is 1.44. The molecule has 5 nitrogen and oxygen atoms in total. The number of carboxylic acid groups (broad SMARTS) is 1. The minimum Gasteiger partial charge on any atom is -0.478 e. The lowest BCUT2D eigenvalue weighted by molar-refractivity contribution is -0.143. The first kappa shape index (κ1) is 25.8. The molecule has 3 rings (SSSR count). The van der Waals surface area contributed by atoms with Gasteiger partial charge in [0.15, 0.2) is 0 Å². The van der Waals surface area contributed by atoms with Crippen molar-refractivity contribution < 1.29 is 36.2 Å². The molecule has 0 amide bonds. The van der Waals surface area contributed by atoms with Crippen molar-refractivity contribution >= 4 is 5.97 Å². The number of halogens is 6. The van der Waals surface area contributed by atoms with Gasteiger partial charge in [-0.05, 0) is 37.7 Å². The molecule has 0 saturated carbocycles. The van der Waals surface area contributed by atoms with Crippen molar-refractivity contribution in [3.05, 3.63) is 82.8 Å². The summed E-state index contributed by atoms with van der Waals surface area (Å²) >= 11 is 0. The summed E-state index contributed by atoms with van der Waals surface area (Å²) < 4.78 is 74.3. The van der Waals surface area contributed by atoms with E-state index in [4.69, 9.17) is 5.11 Å². The number of hydrogen-bond acceptors (Lipinski definition) is 4. The van der Waals surface area contributed by atoms with Crippen LogP contribution in [0.25, 0.3) is 11.3 Å². The third-order valence-electron chi connectivity index (χ3n) is 4.22. The lowest BCUT2D eigenvalue weighted by atomic mass is 10.0. The van der Waals surface area contributed by atoms with Crippen LogP contribution >= 0.6 is 0 Å². The number of aromatic carboxylic acids is 1. The zero-order valence-corrected chi connectivity index (χ0v) is 17.4. The number of carbonyl (C=O) groups is 1. The number of nitrogens with one attached hydrogen (secondary N) is 1. The summed E-state index contributed by atoms with van der Waals surface area (Å²) in [5.41, 5.74) is -1.28. The second-order valence-corrected chi connectivity index (χ2v) is 6.80. The molecular formula is C22H19F6N3O2. The molecule has 0 fully saturated rings. The van der Waals surface area contributed by atoms with Crippen molar-refractivity contribution in [1.82, 2.24) is 15.3 Å². The van der Waals surface area contributed by atoms with Crippen LogP contribution in [0.5, 0.6) is 0 Å². The fourth-order valence-corrected chi connectivity index (χ4v) is 2.77. The van der Waals surface area contributed by atoms with Crippen LogP contribution < -0.4 is 5.32 Å². The lowest BCUT2D eigenvalue weighted by Crippen LogP contribution is -2.14. The molecular weight excluding hydrogens is 452 g/mol. The van der Waals surface area contributed by atoms with Crippen LogP contribution in [0, 0.1) is 6.92 Å². The molecule has 0 saturated heterocycles. The Morgan fingerprint density at radius 3 is 1.97 bits per heavy atom. The molecule has 0 aliphatic carbocycles. The third-order valence-corrected chi connectivity index (χ3v) is 4.22. The monoisotopic (exact) mass is 471 g/mol. The number of aryl methyl sites for hydroxylation is 1. The maximum Gasteiger partial charge on any atom is 0.416 e. The molecule has 176 valence electrons. The Kier molecular flexibility index (Phi) is 8.15. The maximum absolute atomic E-state index is 12.4. The average molecular weight is 471 g/mol. The first-order chi connectivity index (χ1) is 15.3. The summed E-state index contributed by atoms with van der Waals surface area (Å²) in [5.74, 6) is -0.456. The number of aromatic nitrogens is 2. The number of benzene rings is 2. The Bertz CT molecular complexity index is 1070. The molecule has 11 heteroatoms. The fraction of sp³-hybridized carbons (Fsp3) is 0.227. The summed E-state index contributed by atoms with van der Waals surface area (Å²) in [4.78, 5) is 19.1. The highest BCUT2D eigenvalue weighted by atomic mass is 19.4. The van der Waals surface area contributed by atoms with Crippen LogP contribution in [0.1, 0.15) is 32.9 Å². The van der Waals surface area contributed by atoms with Gasteiger partial charge in [0.05, 0.1) is 16.8 Å². The van der Waals surface area contributed by atoms with E-state index >= 15 is 0 Å². The number of rotatable bonds is 4. The number of nitrogens with zero attached hydrogens (tertiary/aromatic N) is 2. The average Bonchev–Trinajstić information content (AvgIpc) is 2.73. The lowest BCUT2D eigenvalue weighted by Gasteiger charge is -2.13. The molecule has 2 aromatic carbocycles. The van der Waals surface area contributed by atoms with Crippen LogP contribution in [0.4, 0.5) is 26.3 Å². The molecule has 0 unspecified atom stereocenters. The Balaban J connectivity index is 0.000000234. The van der Waals surface area contributed by atoms with E-state index in [1.807, 2.05) is 30.3 Å². The van der Waals surface area contributed by atoms with E-state index in [0.717, 1.165) is 5.56 Å². The van der Waals surface area contributed by atoms with Gasteiger partial charge in [0.1, 0.15) is 11.4 Å². The normalized spacial score (nSPS) is 11.5. The van der Waals surface area contributed by atoms with Crippen molar-refractivity contribution in [2.75, 3.05) is 7.05 Å². The first-order valence-corrected chi connectivity index (χ1v) is 9.38. The minimum atomic E-state index is -4.79. The van der Waals surface area contributed by atoms with E-state index in [0.29, 0.717) is 23.7 Å². The molecule has 3 aromatic rings. The molecule has 1 aromatic heterocycles. The molecule has 33 heavy (non-hydrogen) atoms. The van der Waals surface area contributed by atoms with Crippen LogP contribution in [0.15, 0.2) is 54.7 Å². The fourth-order valence-electron chi connectivity index (χ4n) is 2.77. The van der Waals surface area contributed by atoms with E-state index in [1.165, 1.54) is 13.2 Å². The second kappa shape index (κ2) is 10.4. The summed E-state index contributed by atoms with van der Waals surface area (Å²) in [5, 5.41) is 11.5. The highest BCUT2D eigenvalue weighted by Gasteiger charge is 2.36. The highest BCUT2D eigenvalue weighted by molar-refractivity contribution is 5.94. The van der Waals surface area contributed by atoms with Gasteiger partial charge in [-0.1, -0.05) is 30.3 Å². The predicted molar refractivity (Wildman–Crippen MR) is 108 cm³/mol. The molecule has 0 bridgehead atoms. The Hall–Kier alpha value is -3.47. The van der Waals surface area contributed by atoms with Gasteiger partial charge >= 0.3 is 18.3 Å². The van der Waals surface area contributed by atoms with Gasteiger partial charge in [0.2, 0.25) is 0 Å². The Labute approximate surface area is 185 Å². The topological polar surface area (TPSA) is 75.1 Å². The zero-order valence-electron chi connectivity index (χ0n) is 17.4. The summed E-state index contributed by atoms with van der Waals surface area (Å²) in [6.07, 6.45) is -8.24. The van der Waals surface area contributed by atoms with Gasteiger partial charge in [-0.3, -0.25) is 0 Å². The van der Waals surface area contributed by atoms with Crippen molar-refractivity contribution in [2.45, 2.75) is 25.8 Å². The first-order valence-electron chi connectivity index (χ1n) is 9.38. The van der Waals surface area contributed by atoms with Crippen LogP contribution in [-0.2, 0) is 18.9 Å². The van der Waals surface area contributed by atoms with Gasteiger partial charge in [-0.15, -0.1) is 0 Å². The van der Waals surface area contributed by atoms with Gasteiger partial charge < -0.3 is 10.4 Å². The Morgan fingerprint density at radius 2 is 1.52 bits per heavy atom. The number of alkyl halides is 6. The van der Waals surface area contributed by atoms with Gasteiger partial charge in [-0.2, -0.15) is 26.3 Å². The maximum atomic E-state index is 12.4. The molecule has 0 aliphatic rings. The quantitative estimate of drug-likeness (QED) is 0.485. The third kappa shape index (κ3) is 7.28. The Morgan fingerprint density at radius 1 is 0.970 bits per heavy atom. The van der Waals surface area contributed by atoms with Crippen molar-refractivity contribution in [3.63, 3.8) is 0 Å². The largest absolute Gasteiger partial charge is 0.478 e. The molecule has 0 aliphatic heterocycles. The van der Waals surface area contributed by atoms with E-state index in [9.17, 15) is 31.1 Å². The van der Waals surface area contributed by atoms with Gasteiger partial charge in [-0.25, -0.2) is 14.8 Å². The number of carboxylic acids is 1.